The van der Waals surface area contributed by atoms with Gasteiger partial charge in [0.2, 0.25) is 0 Å². The van der Waals surface area contributed by atoms with E-state index in [-0.39, 0.29) is 5.92 Å². The third-order valence-corrected chi connectivity index (χ3v) is 3.98. The van der Waals surface area contributed by atoms with Crippen molar-refractivity contribution in [2.24, 2.45) is 5.92 Å². The number of aromatic nitrogens is 1. The van der Waals surface area contributed by atoms with E-state index >= 15 is 0 Å². The van der Waals surface area contributed by atoms with Gasteiger partial charge in [-0.05, 0) is 31.0 Å². The van der Waals surface area contributed by atoms with E-state index in [4.69, 9.17) is 0 Å². The highest BCUT2D eigenvalue weighted by atomic mass is 19.1. The van der Waals surface area contributed by atoms with Gasteiger partial charge < -0.3 is 10.4 Å². The van der Waals surface area contributed by atoms with Crippen LogP contribution in [0.1, 0.15) is 36.3 Å². The minimum Gasteiger partial charge on any atom is -0.480 e. The van der Waals surface area contributed by atoms with Crippen molar-refractivity contribution in [3.05, 3.63) is 41.3 Å². The SMILES string of the molecule is CC[C@H](C)[C@H](NC(=O)c1cc2ccc(F)cc2nc1C)C(=O)O. The molecule has 0 saturated heterocycles. The fraction of sp³-hybridized carbons (Fsp3) is 0.353. The van der Waals surface area contributed by atoms with Crippen LogP contribution in [0.2, 0.25) is 0 Å². The zero-order valence-electron chi connectivity index (χ0n) is 13.3. The normalized spacial score (nSPS) is 13.6. The molecular weight excluding hydrogens is 299 g/mol. The number of aryl methyl sites for hydroxylation is 1. The zero-order chi connectivity index (χ0) is 17.1. The summed E-state index contributed by atoms with van der Waals surface area (Å²) in [7, 11) is 0. The van der Waals surface area contributed by atoms with Crippen LogP contribution in [0.15, 0.2) is 24.3 Å². The van der Waals surface area contributed by atoms with Crippen LogP contribution in [0.4, 0.5) is 4.39 Å². The van der Waals surface area contributed by atoms with Crippen LogP contribution in [0.3, 0.4) is 0 Å². The van der Waals surface area contributed by atoms with Gasteiger partial charge >= 0.3 is 5.97 Å². The van der Waals surface area contributed by atoms with Gasteiger partial charge in [0.05, 0.1) is 16.8 Å². The van der Waals surface area contributed by atoms with Crippen LogP contribution in [0, 0.1) is 18.7 Å². The van der Waals surface area contributed by atoms with Gasteiger partial charge in [0.15, 0.2) is 0 Å². The smallest absolute Gasteiger partial charge is 0.326 e. The lowest BCUT2D eigenvalue weighted by molar-refractivity contribution is -0.140. The molecule has 5 nitrogen and oxygen atoms in total. The van der Waals surface area contributed by atoms with Gasteiger partial charge in [-0.1, -0.05) is 20.3 Å². The molecule has 0 saturated carbocycles. The third-order valence-electron chi connectivity index (χ3n) is 3.98. The van der Waals surface area contributed by atoms with Crippen molar-refractivity contribution in [3.63, 3.8) is 0 Å². The summed E-state index contributed by atoms with van der Waals surface area (Å²) < 4.78 is 13.2. The van der Waals surface area contributed by atoms with Gasteiger partial charge in [0, 0.05) is 11.5 Å². The van der Waals surface area contributed by atoms with Crippen molar-refractivity contribution in [2.75, 3.05) is 0 Å². The predicted molar refractivity (Wildman–Crippen MR) is 84.8 cm³/mol. The van der Waals surface area contributed by atoms with Crippen LogP contribution in [0.25, 0.3) is 10.9 Å². The summed E-state index contributed by atoms with van der Waals surface area (Å²) in [5.41, 5.74) is 1.17. The molecule has 2 atom stereocenters. The molecule has 1 aromatic heterocycles. The first-order valence-corrected chi connectivity index (χ1v) is 7.44. The van der Waals surface area contributed by atoms with Crippen molar-refractivity contribution >= 4 is 22.8 Å². The topological polar surface area (TPSA) is 79.3 Å². The summed E-state index contributed by atoms with van der Waals surface area (Å²) >= 11 is 0. The number of aliphatic carboxylic acids is 1. The molecule has 0 aliphatic rings. The van der Waals surface area contributed by atoms with Crippen LogP contribution in [0.5, 0.6) is 0 Å². The maximum atomic E-state index is 13.2. The molecule has 23 heavy (non-hydrogen) atoms. The van der Waals surface area contributed by atoms with Gasteiger partial charge in [-0.2, -0.15) is 0 Å². The zero-order valence-corrected chi connectivity index (χ0v) is 13.3. The Bertz CT molecular complexity index is 761. The molecule has 0 bridgehead atoms. The first-order valence-electron chi connectivity index (χ1n) is 7.44. The van der Waals surface area contributed by atoms with Crippen molar-refractivity contribution in [2.45, 2.75) is 33.2 Å². The number of pyridine rings is 1. The standard InChI is InChI=1S/C17H19FN2O3/c1-4-9(2)15(17(22)23)20-16(21)13-7-11-5-6-12(18)8-14(11)19-10(13)3/h5-9,15H,4H2,1-3H3,(H,20,21)(H,22,23)/t9-,15-/m0/s1. The van der Waals surface area contributed by atoms with E-state index in [1.165, 1.54) is 18.2 Å². The molecule has 1 heterocycles. The number of hydrogen-bond acceptors (Lipinski definition) is 3. The maximum absolute atomic E-state index is 13.2. The minimum absolute atomic E-state index is 0.195. The van der Waals surface area contributed by atoms with Crippen LogP contribution in [-0.4, -0.2) is 28.0 Å². The highest BCUT2D eigenvalue weighted by molar-refractivity contribution is 6.00. The molecule has 2 N–H and O–H groups in total. The molecule has 0 aliphatic carbocycles. The maximum Gasteiger partial charge on any atom is 0.326 e. The molecule has 0 aliphatic heterocycles. The van der Waals surface area contributed by atoms with Gasteiger partial charge in [0.25, 0.3) is 5.91 Å². The summed E-state index contributed by atoms with van der Waals surface area (Å²) in [6, 6.07) is 4.76. The average molecular weight is 318 g/mol. The molecule has 0 fully saturated rings. The Morgan fingerprint density at radius 2 is 2.04 bits per heavy atom. The second-order valence-electron chi connectivity index (χ2n) is 5.63. The quantitative estimate of drug-likeness (QED) is 0.888. The second-order valence-corrected chi connectivity index (χ2v) is 5.63. The first-order chi connectivity index (χ1) is 10.8. The largest absolute Gasteiger partial charge is 0.480 e. The average Bonchev–Trinajstić information content (AvgIpc) is 2.50. The predicted octanol–water partition coefficient (Wildman–Crippen LogP) is 2.91. The number of halogens is 1. The molecule has 0 radical (unpaired) electrons. The molecule has 0 spiro atoms. The number of carboxylic acids is 1. The second kappa shape index (κ2) is 6.73. The van der Waals surface area contributed by atoms with E-state index < -0.39 is 23.7 Å². The Kier molecular flexibility index (Phi) is 4.93. The number of carbonyl (C=O) groups is 2. The van der Waals surface area contributed by atoms with Crippen molar-refractivity contribution in [1.82, 2.24) is 10.3 Å². The Morgan fingerprint density at radius 3 is 2.65 bits per heavy atom. The van der Waals surface area contributed by atoms with Crippen LogP contribution >= 0.6 is 0 Å². The van der Waals surface area contributed by atoms with Crippen LogP contribution < -0.4 is 5.32 Å². The van der Waals surface area contributed by atoms with Crippen LogP contribution in [-0.2, 0) is 4.79 Å². The van der Waals surface area contributed by atoms with E-state index in [0.717, 1.165) is 0 Å². The minimum atomic E-state index is -1.07. The number of carbonyl (C=O) groups excluding carboxylic acids is 1. The number of benzene rings is 1. The van der Waals surface area contributed by atoms with E-state index in [2.05, 4.69) is 10.3 Å². The number of rotatable bonds is 5. The summed E-state index contributed by atoms with van der Waals surface area (Å²) in [6.45, 7) is 5.27. The Hall–Kier alpha value is -2.50. The van der Waals surface area contributed by atoms with Crippen molar-refractivity contribution < 1.29 is 19.1 Å². The number of nitrogens with zero attached hydrogens (tertiary/aromatic N) is 1. The lowest BCUT2D eigenvalue weighted by Crippen LogP contribution is -2.45. The summed E-state index contributed by atoms with van der Waals surface area (Å²) in [5.74, 6) is -2.15. The summed E-state index contributed by atoms with van der Waals surface area (Å²) in [5, 5.41) is 12.4. The van der Waals surface area contributed by atoms with E-state index in [0.29, 0.717) is 28.6 Å². The number of nitrogens with one attached hydrogen (secondary N) is 1. The molecule has 0 unspecified atom stereocenters. The molecule has 6 heteroatoms. The number of fused-ring (bicyclic) bond motifs is 1. The summed E-state index contributed by atoms with van der Waals surface area (Å²) in [6.07, 6.45) is 0.630. The van der Waals surface area contributed by atoms with E-state index in [1.807, 2.05) is 6.92 Å². The van der Waals surface area contributed by atoms with Crippen molar-refractivity contribution in [1.29, 1.82) is 0 Å². The lowest BCUT2D eigenvalue weighted by atomic mass is 9.98. The Balaban J connectivity index is 2.35. The van der Waals surface area contributed by atoms with Gasteiger partial charge in [0.1, 0.15) is 11.9 Å². The molecular formula is C17H19FN2O3. The highest BCUT2D eigenvalue weighted by Crippen LogP contribution is 2.18. The monoisotopic (exact) mass is 318 g/mol. The number of hydrogen-bond donors (Lipinski definition) is 2. The fourth-order valence-electron chi connectivity index (χ4n) is 2.37. The van der Waals surface area contributed by atoms with E-state index in [9.17, 15) is 19.1 Å². The van der Waals surface area contributed by atoms with Crippen molar-refractivity contribution in [3.8, 4) is 0 Å². The first kappa shape index (κ1) is 16.9. The molecule has 122 valence electrons. The lowest BCUT2D eigenvalue weighted by Gasteiger charge is -2.20. The number of carboxylic acid groups (broad SMARTS) is 1. The molecule has 1 aromatic carbocycles. The number of amides is 1. The highest BCUT2D eigenvalue weighted by Gasteiger charge is 2.26. The molecule has 2 aromatic rings. The molecule has 1 amide bonds. The Morgan fingerprint density at radius 1 is 1.35 bits per heavy atom. The summed E-state index contributed by atoms with van der Waals surface area (Å²) in [4.78, 5) is 28.0. The Labute approximate surface area is 133 Å². The third kappa shape index (κ3) is 3.64. The van der Waals surface area contributed by atoms with Gasteiger partial charge in [-0.3, -0.25) is 9.78 Å². The fourth-order valence-corrected chi connectivity index (χ4v) is 2.37. The molecule has 2 rings (SSSR count). The van der Waals surface area contributed by atoms with Gasteiger partial charge in [-0.15, -0.1) is 0 Å². The van der Waals surface area contributed by atoms with E-state index in [1.54, 1.807) is 19.9 Å². The van der Waals surface area contributed by atoms with Gasteiger partial charge in [-0.25, -0.2) is 9.18 Å².